The van der Waals surface area contributed by atoms with E-state index in [0.717, 1.165) is 23.9 Å². The summed E-state index contributed by atoms with van der Waals surface area (Å²) in [6.07, 6.45) is 10.5. The number of ether oxygens (including phenoxy) is 1. The van der Waals surface area contributed by atoms with Crippen molar-refractivity contribution in [1.29, 1.82) is 0 Å². The molecule has 2 aliphatic rings. The van der Waals surface area contributed by atoms with Gasteiger partial charge in [-0.3, -0.25) is 0 Å². The highest BCUT2D eigenvalue weighted by molar-refractivity contribution is 5.55. The molecule has 1 atom stereocenters. The summed E-state index contributed by atoms with van der Waals surface area (Å²) in [5.74, 6) is 1.62. The van der Waals surface area contributed by atoms with Gasteiger partial charge in [-0.15, -0.1) is 0 Å². The lowest BCUT2D eigenvalue weighted by Crippen LogP contribution is -2.37. The lowest BCUT2D eigenvalue weighted by atomic mass is 9.85. The maximum atomic E-state index is 5.96. The molecular weight excluding hydrogens is 190 g/mol. The summed E-state index contributed by atoms with van der Waals surface area (Å²) in [7, 11) is 0. The molecule has 0 bridgehead atoms. The summed E-state index contributed by atoms with van der Waals surface area (Å²) in [6.45, 7) is 0.928. The standard InChI is InChI=1S/C12H17NO2/c1-2-4-9(5-3-1)11-6-13-10-7-14-8-12(10)15-11/h7-9,11,13H,1-6H2. The number of hydrogen-bond donors (Lipinski definition) is 1. The molecule has 0 amide bonds. The lowest BCUT2D eigenvalue weighted by Gasteiger charge is -2.33. The fourth-order valence-corrected chi connectivity index (χ4v) is 2.69. The third-order valence-electron chi connectivity index (χ3n) is 3.57. The topological polar surface area (TPSA) is 34.4 Å². The first-order valence-electron chi connectivity index (χ1n) is 5.90. The normalized spacial score (nSPS) is 26.5. The molecule has 0 saturated heterocycles. The van der Waals surface area contributed by atoms with Gasteiger partial charge >= 0.3 is 0 Å². The maximum Gasteiger partial charge on any atom is 0.181 e. The second-order valence-corrected chi connectivity index (χ2v) is 4.59. The Labute approximate surface area is 89.8 Å². The molecule has 82 valence electrons. The minimum atomic E-state index is 0.343. The molecule has 0 aromatic carbocycles. The lowest BCUT2D eigenvalue weighted by molar-refractivity contribution is 0.112. The van der Waals surface area contributed by atoms with E-state index >= 15 is 0 Å². The van der Waals surface area contributed by atoms with Gasteiger partial charge in [-0.1, -0.05) is 19.3 Å². The monoisotopic (exact) mass is 207 g/mol. The van der Waals surface area contributed by atoms with E-state index in [-0.39, 0.29) is 0 Å². The Morgan fingerprint density at radius 1 is 1.13 bits per heavy atom. The zero-order valence-corrected chi connectivity index (χ0v) is 8.87. The van der Waals surface area contributed by atoms with Crippen molar-refractivity contribution in [3.63, 3.8) is 0 Å². The molecular formula is C12H17NO2. The number of nitrogens with one attached hydrogen (secondary N) is 1. The van der Waals surface area contributed by atoms with Gasteiger partial charge in [0.15, 0.2) is 5.75 Å². The molecule has 1 unspecified atom stereocenters. The third kappa shape index (κ3) is 1.71. The van der Waals surface area contributed by atoms with Crippen molar-refractivity contribution >= 4 is 5.69 Å². The second-order valence-electron chi connectivity index (χ2n) is 4.59. The Balaban J connectivity index is 1.69. The molecule has 1 aromatic heterocycles. The molecule has 3 rings (SSSR count). The predicted molar refractivity (Wildman–Crippen MR) is 58.2 cm³/mol. The van der Waals surface area contributed by atoms with Crippen LogP contribution in [0.15, 0.2) is 16.9 Å². The van der Waals surface area contributed by atoms with Crippen LogP contribution in [0.5, 0.6) is 5.75 Å². The van der Waals surface area contributed by atoms with Crippen LogP contribution in [0.1, 0.15) is 32.1 Å². The molecule has 0 spiro atoms. The molecule has 1 saturated carbocycles. The Hall–Kier alpha value is -1.12. The first kappa shape index (κ1) is 9.13. The van der Waals surface area contributed by atoms with Crippen LogP contribution in [0.3, 0.4) is 0 Å². The van der Waals surface area contributed by atoms with Crippen molar-refractivity contribution in [1.82, 2.24) is 0 Å². The zero-order valence-electron chi connectivity index (χ0n) is 8.87. The number of fused-ring (bicyclic) bond motifs is 1. The fraction of sp³-hybridized carbons (Fsp3) is 0.667. The van der Waals surface area contributed by atoms with Gasteiger partial charge in [0.1, 0.15) is 24.3 Å². The summed E-state index contributed by atoms with van der Waals surface area (Å²) in [4.78, 5) is 0. The van der Waals surface area contributed by atoms with Gasteiger partial charge in [0, 0.05) is 0 Å². The average Bonchev–Trinajstić information content (AvgIpc) is 2.77. The van der Waals surface area contributed by atoms with Crippen molar-refractivity contribution in [3.05, 3.63) is 12.5 Å². The molecule has 1 aliphatic carbocycles. The number of rotatable bonds is 1. The first-order chi connectivity index (χ1) is 7.43. The van der Waals surface area contributed by atoms with Crippen LogP contribution in [0.2, 0.25) is 0 Å². The van der Waals surface area contributed by atoms with E-state index in [9.17, 15) is 0 Å². The minimum Gasteiger partial charge on any atom is -0.483 e. The Bertz CT molecular complexity index is 328. The highest BCUT2D eigenvalue weighted by atomic mass is 16.5. The SMILES string of the molecule is c1occ2c1NCC(C1CCCCC1)O2. The van der Waals surface area contributed by atoms with Gasteiger partial charge in [0.2, 0.25) is 0 Å². The van der Waals surface area contributed by atoms with E-state index < -0.39 is 0 Å². The van der Waals surface area contributed by atoms with Crippen molar-refractivity contribution in [3.8, 4) is 5.75 Å². The summed E-state index contributed by atoms with van der Waals surface area (Å²) in [6, 6.07) is 0. The Kier molecular flexibility index (Phi) is 2.31. The van der Waals surface area contributed by atoms with Crippen LogP contribution in [0, 0.1) is 5.92 Å². The molecule has 1 N–H and O–H groups in total. The predicted octanol–water partition coefficient (Wildman–Crippen LogP) is 3.03. The van der Waals surface area contributed by atoms with Gasteiger partial charge in [-0.2, -0.15) is 0 Å². The van der Waals surface area contributed by atoms with Crippen molar-refractivity contribution in [2.75, 3.05) is 11.9 Å². The summed E-state index contributed by atoms with van der Waals surface area (Å²) in [5.41, 5.74) is 1.00. The summed E-state index contributed by atoms with van der Waals surface area (Å²) in [5, 5.41) is 3.37. The zero-order chi connectivity index (χ0) is 10.1. The maximum absolute atomic E-state index is 5.96. The molecule has 3 heteroatoms. The smallest absolute Gasteiger partial charge is 0.181 e. The van der Waals surface area contributed by atoms with Gasteiger partial charge in [0.25, 0.3) is 0 Å². The minimum absolute atomic E-state index is 0.343. The van der Waals surface area contributed by atoms with E-state index in [1.165, 1.54) is 32.1 Å². The largest absolute Gasteiger partial charge is 0.483 e. The second kappa shape index (κ2) is 3.80. The molecule has 15 heavy (non-hydrogen) atoms. The Morgan fingerprint density at radius 2 is 2.00 bits per heavy atom. The first-order valence-corrected chi connectivity index (χ1v) is 5.90. The van der Waals surface area contributed by atoms with E-state index in [0.29, 0.717) is 6.10 Å². The highest BCUT2D eigenvalue weighted by Crippen LogP contribution is 2.35. The summed E-state index contributed by atoms with van der Waals surface area (Å²) >= 11 is 0. The van der Waals surface area contributed by atoms with Crippen molar-refractivity contribution in [2.24, 2.45) is 5.92 Å². The van der Waals surface area contributed by atoms with Gasteiger partial charge < -0.3 is 14.5 Å². The molecule has 3 nitrogen and oxygen atoms in total. The molecule has 1 aliphatic heterocycles. The van der Waals surface area contributed by atoms with Crippen LogP contribution in [0.4, 0.5) is 5.69 Å². The van der Waals surface area contributed by atoms with Crippen LogP contribution < -0.4 is 10.1 Å². The summed E-state index contributed by atoms with van der Waals surface area (Å²) < 4.78 is 11.1. The highest BCUT2D eigenvalue weighted by Gasteiger charge is 2.29. The van der Waals surface area contributed by atoms with E-state index in [1.807, 2.05) is 0 Å². The van der Waals surface area contributed by atoms with Crippen molar-refractivity contribution < 1.29 is 9.15 Å². The van der Waals surface area contributed by atoms with E-state index in [2.05, 4.69) is 5.32 Å². The van der Waals surface area contributed by atoms with E-state index in [4.69, 9.17) is 9.15 Å². The van der Waals surface area contributed by atoms with Crippen LogP contribution >= 0.6 is 0 Å². The number of anilines is 1. The fourth-order valence-electron chi connectivity index (χ4n) is 2.69. The molecule has 1 aromatic rings. The van der Waals surface area contributed by atoms with Gasteiger partial charge in [-0.25, -0.2) is 0 Å². The average molecular weight is 207 g/mol. The van der Waals surface area contributed by atoms with Gasteiger partial charge in [0.05, 0.1) is 6.54 Å². The van der Waals surface area contributed by atoms with Gasteiger partial charge in [-0.05, 0) is 18.8 Å². The van der Waals surface area contributed by atoms with Crippen LogP contribution in [-0.4, -0.2) is 12.6 Å². The molecule has 0 radical (unpaired) electrons. The van der Waals surface area contributed by atoms with Crippen LogP contribution in [0.25, 0.3) is 0 Å². The molecule has 2 heterocycles. The van der Waals surface area contributed by atoms with Crippen LogP contribution in [-0.2, 0) is 0 Å². The number of hydrogen-bond acceptors (Lipinski definition) is 3. The third-order valence-corrected chi connectivity index (χ3v) is 3.57. The van der Waals surface area contributed by atoms with Crippen molar-refractivity contribution in [2.45, 2.75) is 38.2 Å². The number of furan rings is 1. The quantitative estimate of drug-likeness (QED) is 0.768. The molecule has 1 fully saturated rings. The Morgan fingerprint density at radius 3 is 2.87 bits per heavy atom. The van der Waals surface area contributed by atoms with E-state index in [1.54, 1.807) is 12.5 Å².